The third-order valence-corrected chi connectivity index (χ3v) is 9.40. The minimum Gasteiger partial charge on any atom is -0.481 e. The molecule has 3 aliphatic rings. The Morgan fingerprint density at radius 1 is 0.766 bits per heavy atom. The Bertz CT molecular complexity index is 1980. The van der Waals surface area contributed by atoms with E-state index in [1.54, 1.807) is 28.4 Å². The molecular weight excluding hydrogens is 588 g/mol. The Labute approximate surface area is 276 Å². The molecule has 7 rings (SSSR count). The van der Waals surface area contributed by atoms with Crippen LogP contribution >= 0.6 is 0 Å². The quantitative estimate of drug-likeness (QED) is 0.239. The smallest absolute Gasteiger partial charge is 0.223 e. The van der Waals surface area contributed by atoms with Crippen molar-refractivity contribution in [1.29, 1.82) is 0 Å². The predicted octanol–water partition coefficient (Wildman–Crippen LogP) is 5.90. The van der Waals surface area contributed by atoms with Gasteiger partial charge in [-0.1, -0.05) is 36.4 Å². The normalized spacial score (nSPS) is 19.5. The summed E-state index contributed by atoms with van der Waals surface area (Å²) in [5.41, 5.74) is 10.6. The summed E-state index contributed by atoms with van der Waals surface area (Å²) in [6.07, 6.45) is 18.6. The molecule has 2 unspecified atom stereocenters. The van der Waals surface area contributed by atoms with Gasteiger partial charge in [-0.2, -0.15) is 14.1 Å². The monoisotopic (exact) mass is 628 g/mol. The van der Waals surface area contributed by atoms with Crippen LogP contribution in [0.3, 0.4) is 0 Å². The van der Waals surface area contributed by atoms with Gasteiger partial charge in [0.2, 0.25) is 29.0 Å². The third-order valence-electron chi connectivity index (χ3n) is 9.40. The highest BCUT2D eigenvalue weighted by atomic mass is 16.5. The number of nitrogens with zero attached hydrogens (tertiary/aromatic N) is 4. The number of rotatable bonds is 7. The number of methoxy groups -OCH3 is 4. The Morgan fingerprint density at radius 3 is 2.02 bits per heavy atom. The largest absolute Gasteiger partial charge is 0.481 e. The van der Waals surface area contributed by atoms with E-state index in [1.165, 1.54) is 33.6 Å². The minimum absolute atomic E-state index is 0.364. The van der Waals surface area contributed by atoms with E-state index in [4.69, 9.17) is 18.9 Å². The number of aryl methyl sites for hydroxylation is 4. The number of fused-ring (bicyclic) bond motifs is 7. The number of dihydropyridines is 1. The lowest BCUT2D eigenvalue weighted by molar-refractivity contribution is -0.689. The number of ether oxygens (including phenoxy) is 4. The Morgan fingerprint density at radius 2 is 1.43 bits per heavy atom. The first-order valence-electron chi connectivity index (χ1n) is 16.0. The molecule has 0 saturated carbocycles. The number of pyridine rings is 3. The lowest BCUT2D eigenvalue weighted by atomic mass is 9.84. The Balaban J connectivity index is 1.27. The van der Waals surface area contributed by atoms with Crippen LogP contribution in [0.5, 0.6) is 11.8 Å². The van der Waals surface area contributed by atoms with Gasteiger partial charge in [-0.05, 0) is 47.4 Å². The molecule has 47 heavy (non-hydrogen) atoms. The zero-order valence-electron chi connectivity index (χ0n) is 27.6. The highest BCUT2D eigenvalue weighted by molar-refractivity contribution is 5.89. The first-order chi connectivity index (χ1) is 22.9. The van der Waals surface area contributed by atoms with E-state index in [9.17, 15) is 0 Å². The van der Waals surface area contributed by atoms with Crippen molar-refractivity contribution < 1.29 is 28.1 Å². The molecule has 6 heterocycles. The van der Waals surface area contributed by atoms with E-state index in [0.717, 1.165) is 42.6 Å². The maximum absolute atomic E-state index is 5.74. The van der Waals surface area contributed by atoms with Gasteiger partial charge in [0.1, 0.15) is 0 Å². The number of benzene rings is 1. The van der Waals surface area contributed by atoms with Crippen molar-refractivity contribution in [3.63, 3.8) is 0 Å². The molecule has 8 nitrogen and oxygen atoms in total. The standard InChI is InChI=1S/C39H40N4O4/c1-39(19-13-34(45-3)41-38(39)47-5)18-12-27-15-21-43-23-17-29-9-8-28-16-22-42-20-14-26(24-31(42)35(28)36(29)32(43)25-27)6-7-30-10-11-33(44-2)40-37(30)46-4/h6-15,18-21,24-25,38H,16-17,22-23H2,1-5H3/q+2. The molecule has 0 aliphatic carbocycles. The second-order valence-electron chi connectivity index (χ2n) is 12.3. The average Bonchev–Trinajstić information content (AvgIpc) is 3.12. The van der Waals surface area contributed by atoms with Crippen molar-refractivity contribution in [2.45, 2.75) is 39.1 Å². The van der Waals surface area contributed by atoms with E-state index in [2.05, 4.69) is 99.1 Å². The van der Waals surface area contributed by atoms with Gasteiger partial charge in [-0.3, -0.25) is 0 Å². The molecule has 0 amide bonds. The zero-order chi connectivity index (χ0) is 32.5. The van der Waals surface area contributed by atoms with E-state index in [1.807, 2.05) is 24.3 Å². The SMILES string of the molecule is COC1=NC(OC)C(C)(C=Cc2cc[n+]3c(c2)-c2c(ccc4c2-c2cc(C=Cc5ccc(OC)nc5OC)cc[n+]2CC4)CC3)C=C1. The van der Waals surface area contributed by atoms with Gasteiger partial charge in [0.15, 0.2) is 31.7 Å². The van der Waals surface area contributed by atoms with Crippen LogP contribution in [0.15, 0.2) is 84.1 Å². The van der Waals surface area contributed by atoms with Crippen LogP contribution in [0.4, 0.5) is 0 Å². The number of aromatic nitrogens is 3. The Kier molecular flexibility index (Phi) is 8.20. The van der Waals surface area contributed by atoms with E-state index >= 15 is 0 Å². The molecule has 0 saturated heterocycles. The van der Waals surface area contributed by atoms with Crippen molar-refractivity contribution in [2.24, 2.45) is 10.4 Å². The maximum atomic E-state index is 5.74. The molecule has 0 spiro atoms. The highest BCUT2D eigenvalue weighted by Gasteiger charge is 2.35. The topological polar surface area (TPSA) is 69.9 Å². The fourth-order valence-electron chi connectivity index (χ4n) is 6.79. The molecular formula is C39H40N4O4+2. The first kappa shape index (κ1) is 30.6. The van der Waals surface area contributed by atoms with E-state index < -0.39 is 5.41 Å². The predicted molar refractivity (Wildman–Crippen MR) is 183 cm³/mol. The van der Waals surface area contributed by atoms with Crippen molar-refractivity contribution >= 4 is 24.1 Å². The summed E-state index contributed by atoms with van der Waals surface area (Å²) in [5.74, 6) is 1.63. The molecule has 0 fully saturated rings. The van der Waals surface area contributed by atoms with Crippen molar-refractivity contribution in [3.05, 3.63) is 107 Å². The molecule has 0 bridgehead atoms. The summed E-state index contributed by atoms with van der Waals surface area (Å²) in [5, 5.41) is 0. The summed E-state index contributed by atoms with van der Waals surface area (Å²) in [6.45, 7) is 4.03. The molecule has 8 heteroatoms. The lowest BCUT2D eigenvalue weighted by Gasteiger charge is -2.31. The molecule has 3 aromatic heterocycles. The molecule has 3 aliphatic heterocycles. The first-order valence-corrected chi connectivity index (χ1v) is 16.0. The van der Waals surface area contributed by atoms with Crippen LogP contribution in [0.1, 0.15) is 34.7 Å². The van der Waals surface area contributed by atoms with Gasteiger partial charge >= 0.3 is 0 Å². The van der Waals surface area contributed by atoms with Crippen LogP contribution in [-0.2, 0) is 35.4 Å². The molecule has 0 radical (unpaired) electrons. The van der Waals surface area contributed by atoms with E-state index in [-0.39, 0.29) is 6.23 Å². The van der Waals surface area contributed by atoms with Gasteiger partial charge in [0, 0.05) is 55.8 Å². The number of hydrogen-bond donors (Lipinski definition) is 0. The number of aliphatic imine (C=N–C) groups is 1. The van der Waals surface area contributed by atoms with Crippen molar-refractivity contribution in [1.82, 2.24) is 4.98 Å². The van der Waals surface area contributed by atoms with Crippen LogP contribution in [0.25, 0.3) is 40.7 Å². The van der Waals surface area contributed by atoms with Crippen LogP contribution in [0.2, 0.25) is 0 Å². The van der Waals surface area contributed by atoms with Gasteiger partial charge in [-0.25, -0.2) is 4.99 Å². The van der Waals surface area contributed by atoms with Crippen LogP contribution < -0.4 is 18.6 Å². The van der Waals surface area contributed by atoms with E-state index in [0.29, 0.717) is 17.7 Å². The van der Waals surface area contributed by atoms with Gasteiger partial charge in [0.25, 0.3) is 0 Å². The molecule has 1 aromatic carbocycles. The fourth-order valence-corrected chi connectivity index (χ4v) is 6.79. The summed E-state index contributed by atoms with van der Waals surface area (Å²) in [4.78, 5) is 9.04. The van der Waals surface area contributed by atoms with Crippen LogP contribution in [0, 0.1) is 5.41 Å². The Hall–Kier alpha value is -5.08. The van der Waals surface area contributed by atoms with Crippen molar-refractivity contribution in [3.8, 4) is 34.3 Å². The molecule has 2 atom stereocenters. The number of hydrogen-bond acceptors (Lipinski definition) is 6. The maximum Gasteiger partial charge on any atom is 0.223 e. The minimum atomic E-state index is -0.401. The fraction of sp³-hybridized carbons (Fsp3) is 0.282. The molecule has 4 aromatic rings. The second kappa shape index (κ2) is 12.6. The van der Waals surface area contributed by atoms with Crippen molar-refractivity contribution in [2.75, 3.05) is 28.4 Å². The molecule has 238 valence electrons. The lowest BCUT2D eigenvalue weighted by Crippen LogP contribution is -2.43. The summed E-state index contributed by atoms with van der Waals surface area (Å²) in [6, 6.07) is 17.5. The summed E-state index contributed by atoms with van der Waals surface area (Å²) in [7, 11) is 6.54. The highest BCUT2D eigenvalue weighted by Crippen LogP contribution is 2.40. The molecule has 0 N–H and O–H groups in total. The zero-order valence-corrected chi connectivity index (χ0v) is 27.6. The summed E-state index contributed by atoms with van der Waals surface area (Å²) >= 11 is 0. The van der Waals surface area contributed by atoms with Gasteiger partial charge in [-0.15, -0.1) is 0 Å². The summed E-state index contributed by atoms with van der Waals surface area (Å²) < 4.78 is 26.6. The van der Waals surface area contributed by atoms with Gasteiger partial charge in [0.05, 0.1) is 37.9 Å². The van der Waals surface area contributed by atoms with Gasteiger partial charge < -0.3 is 18.9 Å². The van der Waals surface area contributed by atoms with Crippen LogP contribution in [-0.4, -0.2) is 45.5 Å². The third kappa shape index (κ3) is 5.74. The average molecular weight is 629 g/mol. The second-order valence-corrected chi connectivity index (χ2v) is 12.3.